The number of carbonyl (C=O) groups is 2. The molecule has 188 valence electrons. The molecule has 6 atom stereocenters. The molecule has 3 aliphatic rings. The first kappa shape index (κ1) is 23.8. The molecule has 1 saturated heterocycles. The zero-order valence-corrected chi connectivity index (χ0v) is 18.6. The standard InChI is InChI=1S/C24H23N3O9/c25-24(26)27-13-5-6-34-8-14-18(30)20(32)21(33)23(35-14)36-22-11(13)7-12-15(19(22)31)17(29)10-4-2-1-3-9(10)16(12)28/h1-7,13-14,18,20-21,23,30-33H,8H2,(H4,25,26,27)/b6-5-/t13-,14+,18+,20-,21+,23-/m1/s1. The molecule has 0 amide bonds. The number of ketones is 2. The van der Waals surface area contributed by atoms with Gasteiger partial charge in [-0.1, -0.05) is 24.3 Å². The molecule has 2 aromatic carbocycles. The Morgan fingerprint density at radius 1 is 0.972 bits per heavy atom. The molecular formula is C24H23N3O9. The highest BCUT2D eigenvalue weighted by atomic mass is 16.7. The van der Waals surface area contributed by atoms with Crippen LogP contribution in [0, 0.1) is 0 Å². The molecule has 0 saturated carbocycles. The molecule has 0 aromatic heterocycles. The Morgan fingerprint density at radius 3 is 2.36 bits per heavy atom. The van der Waals surface area contributed by atoms with Gasteiger partial charge in [-0.2, -0.15) is 0 Å². The van der Waals surface area contributed by atoms with Crippen molar-refractivity contribution in [3.05, 3.63) is 70.5 Å². The van der Waals surface area contributed by atoms with Crippen LogP contribution in [0.1, 0.15) is 43.4 Å². The number of aliphatic hydroxyl groups is 3. The van der Waals surface area contributed by atoms with Crippen LogP contribution in [-0.4, -0.2) is 75.3 Å². The molecule has 2 aromatic rings. The van der Waals surface area contributed by atoms with Crippen molar-refractivity contribution in [1.29, 1.82) is 0 Å². The summed E-state index contributed by atoms with van der Waals surface area (Å²) in [5, 5.41) is 42.4. The first-order valence-corrected chi connectivity index (χ1v) is 11.0. The number of nitrogens with zero attached hydrogens (tertiary/aromatic N) is 1. The van der Waals surface area contributed by atoms with Crippen LogP contribution in [0.3, 0.4) is 0 Å². The molecule has 12 heteroatoms. The minimum absolute atomic E-state index is 0.0508. The van der Waals surface area contributed by atoms with Crippen molar-refractivity contribution < 1.29 is 44.2 Å². The average molecular weight is 497 g/mol. The number of aliphatic hydroxyl groups excluding tert-OH is 3. The Bertz CT molecular complexity index is 1300. The number of carbonyl (C=O) groups excluding carboxylic acids is 2. The number of hydrogen-bond acceptors (Lipinski definition) is 10. The van der Waals surface area contributed by atoms with Gasteiger partial charge in [0.2, 0.25) is 6.29 Å². The number of fused-ring (bicyclic) bond motifs is 5. The predicted octanol–water partition coefficient (Wildman–Crippen LogP) is -0.788. The van der Waals surface area contributed by atoms with Crippen LogP contribution in [0.2, 0.25) is 0 Å². The molecule has 0 spiro atoms. The predicted molar refractivity (Wildman–Crippen MR) is 122 cm³/mol. The van der Waals surface area contributed by atoms with E-state index in [1.54, 1.807) is 12.1 Å². The molecule has 8 N–H and O–H groups in total. The summed E-state index contributed by atoms with van der Waals surface area (Å²) < 4.78 is 16.8. The Balaban J connectivity index is 1.74. The fourth-order valence-electron chi connectivity index (χ4n) is 4.51. The smallest absolute Gasteiger partial charge is 0.229 e. The molecule has 2 bridgehead atoms. The second-order valence-corrected chi connectivity index (χ2v) is 8.56. The van der Waals surface area contributed by atoms with Crippen molar-refractivity contribution in [1.82, 2.24) is 0 Å². The zero-order valence-electron chi connectivity index (χ0n) is 18.6. The maximum atomic E-state index is 13.3. The molecule has 1 aliphatic carbocycles. The number of guanidine groups is 1. The fraction of sp³-hybridized carbons (Fsp3) is 0.292. The number of phenolic OH excluding ortho intramolecular Hbond substituents is 1. The van der Waals surface area contributed by atoms with Gasteiger partial charge < -0.3 is 46.1 Å². The van der Waals surface area contributed by atoms with E-state index < -0.39 is 54.1 Å². The lowest BCUT2D eigenvalue weighted by Gasteiger charge is -2.40. The van der Waals surface area contributed by atoms with E-state index in [0.29, 0.717) is 0 Å². The van der Waals surface area contributed by atoms with Gasteiger partial charge in [0.15, 0.2) is 29.0 Å². The Kier molecular flexibility index (Phi) is 5.88. The second kappa shape index (κ2) is 8.91. The lowest BCUT2D eigenvalue weighted by molar-refractivity contribution is -0.277. The minimum Gasteiger partial charge on any atom is -0.504 e. The van der Waals surface area contributed by atoms with Gasteiger partial charge in [-0.3, -0.25) is 9.59 Å². The van der Waals surface area contributed by atoms with Crippen LogP contribution >= 0.6 is 0 Å². The number of nitrogens with two attached hydrogens (primary N) is 2. The van der Waals surface area contributed by atoms with E-state index in [-0.39, 0.29) is 46.1 Å². The van der Waals surface area contributed by atoms with E-state index in [1.807, 2.05) is 0 Å². The maximum absolute atomic E-state index is 13.3. The number of phenols is 1. The number of ether oxygens (including phenoxy) is 3. The number of benzene rings is 2. The molecule has 0 radical (unpaired) electrons. The van der Waals surface area contributed by atoms with Crippen molar-refractivity contribution in [2.75, 3.05) is 6.61 Å². The van der Waals surface area contributed by atoms with Crippen LogP contribution in [-0.2, 0) is 9.47 Å². The topological polar surface area (TPSA) is 207 Å². The largest absolute Gasteiger partial charge is 0.504 e. The first-order chi connectivity index (χ1) is 17.2. The lowest BCUT2D eigenvalue weighted by Crippen LogP contribution is -2.60. The van der Waals surface area contributed by atoms with Gasteiger partial charge in [0, 0.05) is 22.3 Å². The summed E-state index contributed by atoms with van der Waals surface area (Å²) >= 11 is 0. The van der Waals surface area contributed by atoms with Crippen LogP contribution < -0.4 is 16.2 Å². The van der Waals surface area contributed by atoms with Crippen molar-refractivity contribution in [3.8, 4) is 11.5 Å². The molecule has 36 heavy (non-hydrogen) atoms. The van der Waals surface area contributed by atoms with Gasteiger partial charge in [0.1, 0.15) is 37.1 Å². The highest BCUT2D eigenvalue weighted by Gasteiger charge is 2.46. The molecule has 12 nitrogen and oxygen atoms in total. The molecular weight excluding hydrogens is 474 g/mol. The van der Waals surface area contributed by atoms with Gasteiger partial charge in [-0.25, -0.2) is 4.99 Å². The van der Waals surface area contributed by atoms with E-state index >= 15 is 0 Å². The maximum Gasteiger partial charge on any atom is 0.229 e. The number of aliphatic imine (C=N–C) groups is 1. The van der Waals surface area contributed by atoms with Gasteiger partial charge >= 0.3 is 0 Å². The number of aromatic hydroxyl groups is 1. The minimum atomic E-state index is -1.74. The van der Waals surface area contributed by atoms with Crippen LogP contribution in [0.15, 0.2) is 47.7 Å². The van der Waals surface area contributed by atoms with Crippen molar-refractivity contribution in [2.45, 2.75) is 36.7 Å². The number of rotatable bonds is 1. The molecule has 2 aliphatic heterocycles. The summed E-state index contributed by atoms with van der Waals surface area (Å²) in [6.07, 6.45) is -5.02. The molecule has 2 heterocycles. The molecule has 5 rings (SSSR count). The van der Waals surface area contributed by atoms with Crippen LogP contribution in [0.25, 0.3) is 0 Å². The quantitative estimate of drug-likeness (QED) is 0.181. The van der Waals surface area contributed by atoms with E-state index in [0.717, 1.165) is 0 Å². The normalized spacial score (nSPS) is 29.9. The zero-order chi connectivity index (χ0) is 25.7. The summed E-state index contributed by atoms with van der Waals surface area (Å²) in [5.74, 6) is -2.52. The van der Waals surface area contributed by atoms with E-state index in [9.17, 15) is 30.0 Å². The third-order valence-electron chi connectivity index (χ3n) is 6.30. The highest BCUT2D eigenvalue weighted by molar-refractivity contribution is 6.29. The SMILES string of the molecule is NC(N)=N[C@@H]1/C=C\OC[C@@H]2O[C@H](Oc3c1cc1c(c3O)C(=O)c3ccccc3C1=O)[C@@H](O)[C@H](O)[C@H]2O. The van der Waals surface area contributed by atoms with Gasteiger partial charge in [0.25, 0.3) is 0 Å². The third-order valence-corrected chi connectivity index (χ3v) is 6.30. The van der Waals surface area contributed by atoms with E-state index in [1.165, 1.54) is 30.5 Å². The van der Waals surface area contributed by atoms with Crippen LogP contribution in [0.5, 0.6) is 11.5 Å². The fourth-order valence-corrected chi connectivity index (χ4v) is 4.51. The lowest BCUT2D eigenvalue weighted by atomic mass is 9.81. The number of hydrogen-bond donors (Lipinski definition) is 6. The summed E-state index contributed by atoms with van der Waals surface area (Å²) in [6, 6.07) is 6.43. The van der Waals surface area contributed by atoms with E-state index in [4.69, 9.17) is 25.7 Å². The Morgan fingerprint density at radius 2 is 1.67 bits per heavy atom. The summed E-state index contributed by atoms with van der Waals surface area (Å²) in [7, 11) is 0. The van der Waals surface area contributed by atoms with Crippen LogP contribution in [0.4, 0.5) is 0 Å². The molecule has 0 unspecified atom stereocenters. The van der Waals surface area contributed by atoms with Crippen molar-refractivity contribution in [3.63, 3.8) is 0 Å². The first-order valence-electron chi connectivity index (χ1n) is 11.0. The van der Waals surface area contributed by atoms with Crippen molar-refractivity contribution >= 4 is 17.5 Å². The van der Waals surface area contributed by atoms with E-state index in [2.05, 4.69) is 4.99 Å². The summed E-state index contributed by atoms with van der Waals surface area (Å²) in [5.41, 5.74) is 11.1. The third kappa shape index (κ3) is 3.76. The Labute approximate surface area is 204 Å². The second-order valence-electron chi connectivity index (χ2n) is 8.56. The Hall–Kier alpha value is -3.97. The monoisotopic (exact) mass is 497 g/mol. The average Bonchev–Trinajstić information content (AvgIpc) is 2.88. The summed E-state index contributed by atoms with van der Waals surface area (Å²) in [4.78, 5) is 30.7. The van der Waals surface area contributed by atoms with Gasteiger partial charge in [-0.15, -0.1) is 0 Å². The van der Waals surface area contributed by atoms with Gasteiger partial charge in [0.05, 0.1) is 11.8 Å². The highest BCUT2D eigenvalue weighted by Crippen LogP contribution is 2.45. The molecule has 1 fully saturated rings. The summed E-state index contributed by atoms with van der Waals surface area (Å²) in [6.45, 7) is -0.235. The van der Waals surface area contributed by atoms with Crippen molar-refractivity contribution in [2.24, 2.45) is 16.5 Å². The van der Waals surface area contributed by atoms with Gasteiger partial charge in [-0.05, 0) is 12.1 Å².